The molecule has 4 nitrogen and oxygen atoms in total. The summed E-state index contributed by atoms with van der Waals surface area (Å²) in [7, 11) is 0. The minimum absolute atomic E-state index is 0.277. The second kappa shape index (κ2) is 7.55. The van der Waals surface area contributed by atoms with Gasteiger partial charge in [0.1, 0.15) is 5.75 Å². The van der Waals surface area contributed by atoms with Crippen molar-refractivity contribution in [3.05, 3.63) is 65.2 Å². The predicted molar refractivity (Wildman–Crippen MR) is 83.4 cm³/mol. The van der Waals surface area contributed by atoms with Crippen molar-refractivity contribution in [1.29, 1.82) is 0 Å². The summed E-state index contributed by atoms with van der Waals surface area (Å²) in [6.45, 7) is 2.23. The standard InChI is InChI=1S/C16H17ClN2O2/c1-12(21-15-9-7-14(17)8-10-15)19-16(20)18-11-13-5-3-2-4-6-13/h2-10,12H,11H2,1H3,(H2,18,19,20). The van der Waals surface area contributed by atoms with E-state index in [0.717, 1.165) is 5.56 Å². The van der Waals surface area contributed by atoms with Crippen LogP contribution in [0.25, 0.3) is 0 Å². The maximum Gasteiger partial charge on any atom is 0.317 e. The zero-order valence-electron chi connectivity index (χ0n) is 11.7. The zero-order chi connectivity index (χ0) is 15.1. The first-order chi connectivity index (χ1) is 10.1. The van der Waals surface area contributed by atoms with Crippen LogP contribution in [-0.2, 0) is 6.54 Å². The quantitative estimate of drug-likeness (QED) is 0.830. The Kier molecular flexibility index (Phi) is 5.46. The number of nitrogens with one attached hydrogen (secondary N) is 2. The third-order valence-corrected chi connectivity index (χ3v) is 3.01. The van der Waals surface area contributed by atoms with Gasteiger partial charge in [-0.2, -0.15) is 0 Å². The van der Waals surface area contributed by atoms with Gasteiger partial charge in [0.2, 0.25) is 0 Å². The lowest BCUT2D eigenvalue weighted by molar-refractivity contribution is 0.177. The summed E-state index contributed by atoms with van der Waals surface area (Å²) in [6.07, 6.45) is -0.443. The summed E-state index contributed by atoms with van der Waals surface area (Å²) in [4.78, 5) is 11.7. The second-order valence-corrected chi connectivity index (χ2v) is 4.96. The highest BCUT2D eigenvalue weighted by Crippen LogP contribution is 2.16. The SMILES string of the molecule is CC(NC(=O)NCc1ccccc1)Oc1ccc(Cl)cc1. The van der Waals surface area contributed by atoms with E-state index in [-0.39, 0.29) is 6.03 Å². The Balaban J connectivity index is 1.75. The van der Waals surface area contributed by atoms with E-state index in [4.69, 9.17) is 16.3 Å². The minimum Gasteiger partial charge on any atom is -0.471 e. The molecule has 110 valence electrons. The fourth-order valence-corrected chi connectivity index (χ4v) is 1.89. The van der Waals surface area contributed by atoms with E-state index in [0.29, 0.717) is 17.3 Å². The Hall–Kier alpha value is -2.20. The first-order valence-corrected chi connectivity index (χ1v) is 7.02. The molecule has 2 amide bonds. The van der Waals surface area contributed by atoms with E-state index >= 15 is 0 Å². The molecule has 1 unspecified atom stereocenters. The second-order valence-electron chi connectivity index (χ2n) is 4.53. The van der Waals surface area contributed by atoms with E-state index in [2.05, 4.69) is 10.6 Å². The van der Waals surface area contributed by atoms with Gasteiger partial charge in [-0.3, -0.25) is 0 Å². The van der Waals surface area contributed by atoms with Crippen LogP contribution >= 0.6 is 11.6 Å². The third kappa shape index (κ3) is 5.36. The predicted octanol–water partition coefficient (Wildman–Crippen LogP) is 3.56. The molecule has 1 atom stereocenters. The fraction of sp³-hybridized carbons (Fsp3) is 0.188. The molecule has 21 heavy (non-hydrogen) atoms. The molecule has 2 aromatic carbocycles. The van der Waals surface area contributed by atoms with E-state index in [1.807, 2.05) is 30.3 Å². The van der Waals surface area contributed by atoms with Gasteiger partial charge in [0.25, 0.3) is 0 Å². The first-order valence-electron chi connectivity index (χ1n) is 6.64. The van der Waals surface area contributed by atoms with E-state index in [1.54, 1.807) is 31.2 Å². The van der Waals surface area contributed by atoms with Crippen LogP contribution in [0.2, 0.25) is 5.02 Å². The van der Waals surface area contributed by atoms with Crippen molar-refractivity contribution in [1.82, 2.24) is 10.6 Å². The van der Waals surface area contributed by atoms with Crippen LogP contribution in [0.15, 0.2) is 54.6 Å². The zero-order valence-corrected chi connectivity index (χ0v) is 12.4. The van der Waals surface area contributed by atoms with Crippen molar-refractivity contribution in [2.75, 3.05) is 0 Å². The van der Waals surface area contributed by atoms with Crippen molar-refractivity contribution >= 4 is 17.6 Å². The van der Waals surface area contributed by atoms with E-state index in [9.17, 15) is 4.79 Å². The Morgan fingerprint density at radius 2 is 1.81 bits per heavy atom. The van der Waals surface area contributed by atoms with Crippen LogP contribution in [0.3, 0.4) is 0 Å². The lowest BCUT2D eigenvalue weighted by atomic mass is 10.2. The summed E-state index contributed by atoms with van der Waals surface area (Å²) in [6, 6.07) is 16.4. The number of halogens is 1. The highest BCUT2D eigenvalue weighted by Gasteiger charge is 2.08. The smallest absolute Gasteiger partial charge is 0.317 e. The molecule has 2 N–H and O–H groups in total. The van der Waals surface area contributed by atoms with Crippen molar-refractivity contribution in [3.8, 4) is 5.75 Å². The molecular weight excluding hydrogens is 288 g/mol. The van der Waals surface area contributed by atoms with Gasteiger partial charge in [-0.1, -0.05) is 41.9 Å². The van der Waals surface area contributed by atoms with Crippen molar-refractivity contribution < 1.29 is 9.53 Å². The molecule has 0 aliphatic heterocycles. The molecule has 0 fully saturated rings. The summed E-state index contributed by atoms with van der Waals surface area (Å²) in [5.41, 5.74) is 1.04. The van der Waals surface area contributed by atoms with Gasteiger partial charge >= 0.3 is 6.03 Å². The molecule has 0 radical (unpaired) electrons. The van der Waals surface area contributed by atoms with Crippen molar-refractivity contribution in [2.24, 2.45) is 0 Å². The van der Waals surface area contributed by atoms with Crippen molar-refractivity contribution in [2.45, 2.75) is 19.7 Å². The molecule has 0 heterocycles. The lowest BCUT2D eigenvalue weighted by Gasteiger charge is -2.16. The van der Waals surface area contributed by atoms with Gasteiger partial charge < -0.3 is 15.4 Å². The van der Waals surface area contributed by atoms with Gasteiger partial charge in [0.05, 0.1) is 0 Å². The van der Waals surface area contributed by atoms with Gasteiger partial charge in [-0.25, -0.2) is 4.79 Å². The number of rotatable bonds is 5. The Bertz CT molecular complexity index is 573. The van der Waals surface area contributed by atoms with Crippen molar-refractivity contribution in [3.63, 3.8) is 0 Å². The van der Waals surface area contributed by atoms with Crippen LogP contribution in [0.5, 0.6) is 5.75 Å². The number of ether oxygens (including phenoxy) is 1. The molecule has 0 aliphatic carbocycles. The molecule has 0 spiro atoms. The van der Waals surface area contributed by atoms with E-state index in [1.165, 1.54) is 0 Å². The van der Waals surface area contributed by atoms with Gasteiger partial charge in [-0.15, -0.1) is 0 Å². The largest absolute Gasteiger partial charge is 0.471 e. The highest BCUT2D eigenvalue weighted by molar-refractivity contribution is 6.30. The van der Waals surface area contributed by atoms with Crippen LogP contribution < -0.4 is 15.4 Å². The maximum atomic E-state index is 11.7. The summed E-state index contributed by atoms with van der Waals surface area (Å²) < 4.78 is 5.56. The van der Waals surface area contributed by atoms with Crippen LogP contribution in [0.1, 0.15) is 12.5 Å². The molecule has 0 saturated carbocycles. The number of carbonyl (C=O) groups is 1. The molecular formula is C16H17ClN2O2. The number of amides is 2. The number of benzene rings is 2. The summed E-state index contributed by atoms with van der Waals surface area (Å²) >= 11 is 5.80. The molecule has 2 rings (SSSR count). The average molecular weight is 305 g/mol. The highest BCUT2D eigenvalue weighted by atomic mass is 35.5. The summed E-state index contributed by atoms with van der Waals surface area (Å²) in [5, 5.41) is 6.12. The number of urea groups is 1. The maximum absolute atomic E-state index is 11.7. The fourth-order valence-electron chi connectivity index (χ4n) is 1.76. The third-order valence-electron chi connectivity index (χ3n) is 2.76. The number of carbonyl (C=O) groups excluding carboxylic acids is 1. The molecule has 0 bridgehead atoms. The molecule has 0 aromatic heterocycles. The monoisotopic (exact) mass is 304 g/mol. The molecule has 0 saturated heterocycles. The number of hydrogen-bond acceptors (Lipinski definition) is 2. The first kappa shape index (κ1) is 15.2. The molecule has 2 aromatic rings. The van der Waals surface area contributed by atoms with Gasteiger partial charge in [0.15, 0.2) is 6.23 Å². The topological polar surface area (TPSA) is 50.4 Å². The summed E-state index contributed by atoms with van der Waals surface area (Å²) in [5.74, 6) is 0.648. The van der Waals surface area contributed by atoms with Gasteiger partial charge in [0, 0.05) is 11.6 Å². The normalized spacial score (nSPS) is 11.5. The average Bonchev–Trinajstić information content (AvgIpc) is 2.48. The Labute approximate surface area is 129 Å². The van der Waals surface area contributed by atoms with Gasteiger partial charge in [-0.05, 0) is 36.8 Å². The minimum atomic E-state index is -0.443. The number of hydrogen-bond donors (Lipinski definition) is 2. The van der Waals surface area contributed by atoms with E-state index < -0.39 is 6.23 Å². The Morgan fingerprint density at radius 1 is 1.14 bits per heavy atom. The van der Waals surface area contributed by atoms with Crippen LogP contribution in [0, 0.1) is 0 Å². The molecule has 0 aliphatic rings. The molecule has 5 heteroatoms. The van der Waals surface area contributed by atoms with Crippen LogP contribution in [-0.4, -0.2) is 12.3 Å². The van der Waals surface area contributed by atoms with Crippen LogP contribution in [0.4, 0.5) is 4.79 Å². The Morgan fingerprint density at radius 3 is 2.48 bits per heavy atom. The lowest BCUT2D eigenvalue weighted by Crippen LogP contribution is -2.43.